The summed E-state index contributed by atoms with van der Waals surface area (Å²) in [5.74, 6) is 0.485. The molecule has 0 spiro atoms. The maximum Gasteiger partial charge on any atom is 0.126 e. The van der Waals surface area contributed by atoms with Gasteiger partial charge in [-0.15, -0.1) is 11.3 Å². The van der Waals surface area contributed by atoms with E-state index < -0.39 is 0 Å². The van der Waals surface area contributed by atoms with Crippen LogP contribution in [0, 0.1) is 0 Å². The first-order valence-electron chi connectivity index (χ1n) is 14.2. The van der Waals surface area contributed by atoms with E-state index in [-0.39, 0.29) is 10.8 Å². The summed E-state index contributed by atoms with van der Waals surface area (Å²) in [6.45, 7) is 18.1. The summed E-state index contributed by atoms with van der Waals surface area (Å²) in [6, 6.07) is 30.6. The molecule has 0 aliphatic carbocycles. The number of fused-ring (bicyclic) bond motifs is 1. The number of thiazole rings is 1. The molecule has 0 aliphatic rings. The summed E-state index contributed by atoms with van der Waals surface area (Å²) in [4.78, 5) is 10.2. The SMILES string of the molecule is CC(C)c1cccc(-c2cccc3sc(-c4ccccc4N=Cc4cc(C(C)(C)C)cc(C(C)(C)C)c4)nc23)c1. The molecular formula is C37H40N2S. The largest absolute Gasteiger partial charge is 0.256 e. The summed E-state index contributed by atoms with van der Waals surface area (Å²) in [5, 5.41) is 0.994. The van der Waals surface area contributed by atoms with Crippen molar-refractivity contribution in [3.8, 4) is 21.7 Å². The molecule has 1 aromatic heterocycles. The van der Waals surface area contributed by atoms with E-state index in [9.17, 15) is 0 Å². The zero-order chi connectivity index (χ0) is 28.7. The molecule has 5 aromatic rings. The molecule has 204 valence electrons. The maximum atomic E-state index is 5.19. The molecule has 4 aromatic carbocycles. The number of aromatic nitrogens is 1. The highest BCUT2D eigenvalue weighted by molar-refractivity contribution is 7.21. The first-order chi connectivity index (χ1) is 18.9. The van der Waals surface area contributed by atoms with Gasteiger partial charge in [-0.1, -0.05) is 110 Å². The Balaban J connectivity index is 1.56. The van der Waals surface area contributed by atoms with Gasteiger partial charge in [0.2, 0.25) is 0 Å². The molecule has 0 fully saturated rings. The minimum Gasteiger partial charge on any atom is -0.256 e. The highest BCUT2D eigenvalue weighted by Crippen LogP contribution is 2.39. The van der Waals surface area contributed by atoms with E-state index >= 15 is 0 Å². The quantitative estimate of drug-likeness (QED) is 0.202. The average molecular weight is 545 g/mol. The minimum atomic E-state index is 0.0646. The molecule has 3 heteroatoms. The second-order valence-corrected chi connectivity index (χ2v) is 14.1. The molecule has 0 N–H and O–H groups in total. The van der Waals surface area contributed by atoms with Crippen molar-refractivity contribution < 1.29 is 0 Å². The molecule has 0 radical (unpaired) electrons. The standard InChI is InChI=1S/C37H40N2S/c1-24(2)26-13-11-14-27(21-26)30-16-12-18-33-34(30)39-35(40-33)31-15-9-10-17-32(31)38-23-25-19-28(36(3,4)5)22-29(20-25)37(6,7)8/h9-24H,1-8H3. The van der Waals surface area contributed by atoms with Crippen molar-refractivity contribution in [1.29, 1.82) is 0 Å². The molecular weight excluding hydrogens is 504 g/mol. The normalized spacial score (nSPS) is 12.6. The Hall–Kier alpha value is -3.56. The van der Waals surface area contributed by atoms with Crippen molar-refractivity contribution >= 4 is 33.5 Å². The van der Waals surface area contributed by atoms with Crippen LogP contribution in [0.1, 0.15) is 83.6 Å². The van der Waals surface area contributed by atoms with Crippen molar-refractivity contribution in [2.45, 2.75) is 72.1 Å². The Morgan fingerprint density at radius 2 is 1.38 bits per heavy atom. The molecule has 0 aliphatic heterocycles. The van der Waals surface area contributed by atoms with E-state index in [2.05, 4.69) is 140 Å². The van der Waals surface area contributed by atoms with Crippen LogP contribution in [0.4, 0.5) is 5.69 Å². The van der Waals surface area contributed by atoms with Crippen LogP contribution in [0.3, 0.4) is 0 Å². The molecule has 0 atom stereocenters. The Kier molecular flexibility index (Phi) is 7.54. The number of benzene rings is 4. The van der Waals surface area contributed by atoms with Gasteiger partial charge in [0.05, 0.1) is 15.9 Å². The summed E-state index contributed by atoms with van der Waals surface area (Å²) in [5.41, 5.74) is 10.7. The number of hydrogen-bond donors (Lipinski definition) is 0. The zero-order valence-electron chi connectivity index (χ0n) is 25.0. The van der Waals surface area contributed by atoms with Gasteiger partial charge in [0.1, 0.15) is 5.01 Å². The van der Waals surface area contributed by atoms with E-state index in [1.54, 1.807) is 11.3 Å². The van der Waals surface area contributed by atoms with Gasteiger partial charge in [0, 0.05) is 17.3 Å². The third-order valence-electron chi connectivity index (χ3n) is 7.46. The van der Waals surface area contributed by atoms with Crippen molar-refractivity contribution in [1.82, 2.24) is 4.98 Å². The van der Waals surface area contributed by atoms with Crippen LogP contribution in [-0.4, -0.2) is 11.2 Å². The molecule has 0 saturated heterocycles. The van der Waals surface area contributed by atoms with E-state index in [4.69, 9.17) is 9.98 Å². The number of para-hydroxylation sites is 2. The fourth-order valence-electron chi connectivity index (χ4n) is 4.87. The Labute approximate surface area is 243 Å². The van der Waals surface area contributed by atoms with Crippen LogP contribution in [-0.2, 0) is 10.8 Å². The maximum absolute atomic E-state index is 5.19. The van der Waals surface area contributed by atoms with Crippen molar-refractivity contribution in [3.05, 3.63) is 107 Å². The lowest BCUT2D eigenvalue weighted by Gasteiger charge is -2.25. The van der Waals surface area contributed by atoms with Crippen LogP contribution in [0.25, 0.3) is 31.9 Å². The van der Waals surface area contributed by atoms with Crippen molar-refractivity contribution in [2.24, 2.45) is 4.99 Å². The number of rotatable bonds is 5. The van der Waals surface area contributed by atoms with E-state index in [0.717, 1.165) is 27.3 Å². The summed E-state index contributed by atoms with van der Waals surface area (Å²) in [7, 11) is 0. The van der Waals surface area contributed by atoms with E-state index in [0.29, 0.717) is 5.92 Å². The molecule has 1 heterocycles. The van der Waals surface area contributed by atoms with E-state index in [1.807, 2.05) is 6.21 Å². The fraction of sp³-hybridized carbons (Fsp3) is 0.297. The highest BCUT2D eigenvalue weighted by atomic mass is 32.1. The summed E-state index contributed by atoms with van der Waals surface area (Å²) >= 11 is 1.73. The van der Waals surface area contributed by atoms with Crippen molar-refractivity contribution in [3.63, 3.8) is 0 Å². The fourth-order valence-corrected chi connectivity index (χ4v) is 5.89. The van der Waals surface area contributed by atoms with Gasteiger partial charge >= 0.3 is 0 Å². The monoisotopic (exact) mass is 544 g/mol. The zero-order valence-corrected chi connectivity index (χ0v) is 25.9. The second kappa shape index (κ2) is 10.8. The molecule has 2 nitrogen and oxygen atoms in total. The predicted molar refractivity (Wildman–Crippen MR) is 176 cm³/mol. The van der Waals surface area contributed by atoms with Crippen LogP contribution < -0.4 is 0 Å². The first kappa shape index (κ1) is 28.0. The molecule has 5 rings (SSSR count). The number of nitrogens with zero attached hydrogens (tertiary/aromatic N) is 2. The summed E-state index contributed by atoms with van der Waals surface area (Å²) in [6.07, 6.45) is 2.01. The van der Waals surface area contributed by atoms with Crippen LogP contribution in [0.5, 0.6) is 0 Å². The first-order valence-corrected chi connectivity index (χ1v) is 15.0. The average Bonchev–Trinajstić information content (AvgIpc) is 3.35. The molecule has 0 amide bonds. The summed E-state index contributed by atoms with van der Waals surface area (Å²) < 4.78 is 1.19. The van der Waals surface area contributed by atoms with Crippen LogP contribution >= 0.6 is 11.3 Å². The second-order valence-electron chi connectivity index (χ2n) is 13.1. The highest BCUT2D eigenvalue weighted by Gasteiger charge is 2.20. The Bertz CT molecular complexity index is 1660. The van der Waals surface area contributed by atoms with Gasteiger partial charge in [-0.3, -0.25) is 4.99 Å². The molecule has 0 saturated carbocycles. The lowest BCUT2D eigenvalue weighted by Crippen LogP contribution is -2.17. The lowest BCUT2D eigenvalue weighted by molar-refractivity contribution is 0.568. The molecule has 0 bridgehead atoms. The third-order valence-corrected chi connectivity index (χ3v) is 8.51. The third kappa shape index (κ3) is 5.95. The van der Waals surface area contributed by atoms with Gasteiger partial charge in [-0.25, -0.2) is 4.98 Å². The Morgan fingerprint density at radius 1 is 0.725 bits per heavy atom. The van der Waals surface area contributed by atoms with Crippen LogP contribution in [0.2, 0.25) is 0 Å². The van der Waals surface area contributed by atoms with Crippen LogP contribution in [0.15, 0.2) is 89.9 Å². The number of aliphatic imine (C=N–C) groups is 1. The predicted octanol–water partition coefficient (Wildman–Crippen LogP) is 11.1. The van der Waals surface area contributed by atoms with Gasteiger partial charge in [-0.05, 0) is 74.9 Å². The smallest absolute Gasteiger partial charge is 0.126 e. The van der Waals surface area contributed by atoms with Gasteiger partial charge < -0.3 is 0 Å². The molecule has 40 heavy (non-hydrogen) atoms. The molecule has 0 unspecified atom stereocenters. The lowest BCUT2D eigenvalue weighted by atomic mass is 9.79. The van der Waals surface area contributed by atoms with Gasteiger partial charge in [0.15, 0.2) is 0 Å². The Morgan fingerprint density at radius 3 is 2.05 bits per heavy atom. The van der Waals surface area contributed by atoms with Gasteiger partial charge in [-0.2, -0.15) is 0 Å². The van der Waals surface area contributed by atoms with Gasteiger partial charge in [0.25, 0.3) is 0 Å². The number of hydrogen-bond acceptors (Lipinski definition) is 3. The van der Waals surface area contributed by atoms with Crippen molar-refractivity contribution in [2.75, 3.05) is 0 Å². The minimum absolute atomic E-state index is 0.0646. The topological polar surface area (TPSA) is 25.2 Å². The van der Waals surface area contributed by atoms with E-state index in [1.165, 1.54) is 32.5 Å².